The molecule has 1 atom stereocenters. The predicted octanol–water partition coefficient (Wildman–Crippen LogP) is 5.12. The lowest BCUT2D eigenvalue weighted by molar-refractivity contribution is -0.132. The highest BCUT2D eigenvalue weighted by Gasteiger charge is 2.47. The van der Waals surface area contributed by atoms with Gasteiger partial charge < -0.3 is 5.11 Å². The van der Waals surface area contributed by atoms with Crippen molar-refractivity contribution >= 4 is 34.7 Å². The van der Waals surface area contributed by atoms with Crippen LogP contribution in [0.15, 0.2) is 66.5 Å². The van der Waals surface area contributed by atoms with Gasteiger partial charge in [0.05, 0.1) is 11.6 Å². The molecule has 1 aliphatic heterocycles. The molecule has 0 aliphatic carbocycles. The molecule has 1 N–H and O–H groups in total. The van der Waals surface area contributed by atoms with Crippen LogP contribution >= 0.6 is 11.6 Å². The van der Waals surface area contributed by atoms with E-state index in [1.165, 1.54) is 23.1 Å². The number of hydrogen-bond acceptors (Lipinski definition) is 4. The highest BCUT2D eigenvalue weighted by atomic mass is 35.5. The number of aromatic nitrogens is 1. The fraction of sp³-hybridized carbons (Fsp3) is 0.125. The molecule has 0 radical (unpaired) electrons. The molecule has 3 aromatic rings. The molecule has 4 rings (SSSR count). The summed E-state index contributed by atoms with van der Waals surface area (Å²) < 4.78 is 13.7. The highest BCUT2D eigenvalue weighted by molar-refractivity contribution is 6.52. The first-order valence-corrected chi connectivity index (χ1v) is 9.91. The number of halogens is 2. The van der Waals surface area contributed by atoms with E-state index in [0.717, 1.165) is 5.56 Å². The summed E-state index contributed by atoms with van der Waals surface area (Å²) >= 11 is 6.17. The van der Waals surface area contributed by atoms with Gasteiger partial charge in [-0.15, -0.1) is 0 Å². The molecule has 0 saturated carbocycles. The molecule has 1 unspecified atom stereocenters. The number of aryl methyl sites for hydroxylation is 2. The van der Waals surface area contributed by atoms with Crippen LogP contribution in [-0.2, 0) is 9.59 Å². The van der Waals surface area contributed by atoms with Gasteiger partial charge in [-0.05, 0) is 73.0 Å². The lowest BCUT2D eigenvalue weighted by atomic mass is 9.95. The normalized spacial score (nSPS) is 17.9. The van der Waals surface area contributed by atoms with Gasteiger partial charge in [0.2, 0.25) is 0 Å². The first kappa shape index (κ1) is 20.8. The molecule has 1 amide bonds. The number of amides is 1. The van der Waals surface area contributed by atoms with E-state index < -0.39 is 23.5 Å². The van der Waals surface area contributed by atoms with Gasteiger partial charge in [0.1, 0.15) is 11.6 Å². The number of ketones is 1. The summed E-state index contributed by atoms with van der Waals surface area (Å²) in [4.78, 5) is 31.6. The van der Waals surface area contributed by atoms with Gasteiger partial charge >= 0.3 is 0 Å². The standard InChI is InChI=1S/C24H18ClFN2O3/c1-13-3-5-17(25)12-19(13)28-21(15-7-9-27-10-8-15)20(23(30)24(28)31)22(29)16-4-6-18(26)14(2)11-16/h3-12,21,29H,1-2H3/b22-20+. The summed E-state index contributed by atoms with van der Waals surface area (Å²) in [6.07, 6.45) is 3.09. The van der Waals surface area contributed by atoms with E-state index in [-0.39, 0.29) is 16.9 Å². The second-order valence-corrected chi connectivity index (χ2v) is 7.78. The lowest BCUT2D eigenvalue weighted by Crippen LogP contribution is -2.30. The molecule has 1 saturated heterocycles. The first-order chi connectivity index (χ1) is 14.8. The Labute approximate surface area is 183 Å². The molecule has 156 valence electrons. The van der Waals surface area contributed by atoms with E-state index in [4.69, 9.17) is 11.6 Å². The van der Waals surface area contributed by atoms with Gasteiger partial charge in [-0.2, -0.15) is 0 Å². The van der Waals surface area contributed by atoms with Crippen molar-refractivity contribution in [2.75, 3.05) is 4.90 Å². The SMILES string of the molecule is Cc1cc(/C(O)=C2\C(=O)C(=O)N(c3cc(Cl)ccc3C)C2c2ccncc2)ccc1F. The zero-order valence-corrected chi connectivity index (χ0v) is 17.5. The fourth-order valence-corrected chi connectivity index (χ4v) is 3.90. The number of Topliss-reactive ketones (excluding diaryl/α,β-unsaturated/α-hetero) is 1. The monoisotopic (exact) mass is 436 g/mol. The van der Waals surface area contributed by atoms with E-state index in [9.17, 15) is 19.1 Å². The topological polar surface area (TPSA) is 70.5 Å². The maximum atomic E-state index is 13.7. The summed E-state index contributed by atoms with van der Waals surface area (Å²) in [5.74, 6) is -2.42. The zero-order valence-electron chi connectivity index (χ0n) is 16.8. The molecular formula is C24H18ClFN2O3. The quantitative estimate of drug-likeness (QED) is 0.351. The van der Waals surface area contributed by atoms with Crippen LogP contribution in [0, 0.1) is 19.7 Å². The van der Waals surface area contributed by atoms with Gasteiger partial charge in [-0.25, -0.2) is 4.39 Å². The Bertz CT molecular complexity index is 1240. The Kier molecular flexibility index (Phi) is 5.33. The molecule has 7 heteroatoms. The summed E-state index contributed by atoms with van der Waals surface area (Å²) in [5, 5.41) is 11.5. The van der Waals surface area contributed by atoms with Crippen LogP contribution in [0.1, 0.15) is 28.3 Å². The summed E-state index contributed by atoms with van der Waals surface area (Å²) in [6, 6.07) is 11.5. The third-order valence-electron chi connectivity index (χ3n) is 5.33. The number of anilines is 1. The first-order valence-electron chi connectivity index (χ1n) is 9.53. The Hall–Kier alpha value is -3.51. The molecule has 1 aliphatic rings. The third-order valence-corrected chi connectivity index (χ3v) is 5.56. The number of nitrogens with zero attached hydrogens (tertiary/aromatic N) is 2. The van der Waals surface area contributed by atoms with E-state index in [1.807, 2.05) is 0 Å². The van der Waals surface area contributed by atoms with Crippen LogP contribution in [-0.4, -0.2) is 21.8 Å². The molecule has 1 aromatic heterocycles. The second kappa shape index (κ2) is 7.96. The van der Waals surface area contributed by atoms with E-state index >= 15 is 0 Å². The van der Waals surface area contributed by atoms with Crippen molar-refractivity contribution in [2.24, 2.45) is 0 Å². The molecule has 0 bridgehead atoms. The van der Waals surface area contributed by atoms with Crippen molar-refractivity contribution in [2.45, 2.75) is 19.9 Å². The number of carbonyl (C=O) groups is 2. The average molecular weight is 437 g/mol. The van der Waals surface area contributed by atoms with Crippen molar-refractivity contribution in [3.63, 3.8) is 0 Å². The molecular weight excluding hydrogens is 419 g/mol. The average Bonchev–Trinajstić information content (AvgIpc) is 3.02. The fourth-order valence-electron chi connectivity index (χ4n) is 3.73. The number of carbonyl (C=O) groups excluding carboxylic acids is 2. The molecule has 2 aromatic carbocycles. The smallest absolute Gasteiger partial charge is 0.300 e. The van der Waals surface area contributed by atoms with Crippen LogP contribution in [0.5, 0.6) is 0 Å². The van der Waals surface area contributed by atoms with Crippen LogP contribution in [0.3, 0.4) is 0 Å². The minimum atomic E-state index is -0.898. The van der Waals surface area contributed by atoms with E-state index in [0.29, 0.717) is 21.8 Å². The second-order valence-electron chi connectivity index (χ2n) is 7.34. The predicted molar refractivity (Wildman–Crippen MR) is 116 cm³/mol. The molecule has 1 fully saturated rings. The maximum Gasteiger partial charge on any atom is 0.300 e. The largest absolute Gasteiger partial charge is 0.507 e. The van der Waals surface area contributed by atoms with Gasteiger partial charge in [0.25, 0.3) is 11.7 Å². The summed E-state index contributed by atoms with van der Waals surface area (Å²) in [5.41, 5.74) is 2.27. The molecule has 5 nitrogen and oxygen atoms in total. The number of pyridine rings is 1. The van der Waals surface area contributed by atoms with Gasteiger partial charge in [-0.1, -0.05) is 17.7 Å². The van der Waals surface area contributed by atoms with Gasteiger partial charge in [0.15, 0.2) is 0 Å². The van der Waals surface area contributed by atoms with Crippen molar-refractivity contribution in [3.8, 4) is 0 Å². The van der Waals surface area contributed by atoms with Crippen molar-refractivity contribution in [1.82, 2.24) is 4.98 Å². The number of benzene rings is 2. The van der Waals surface area contributed by atoms with E-state index in [2.05, 4.69) is 4.98 Å². The lowest BCUT2D eigenvalue weighted by Gasteiger charge is -2.26. The highest BCUT2D eigenvalue weighted by Crippen LogP contribution is 2.43. The number of aliphatic hydroxyl groups excluding tert-OH is 1. The number of hydrogen-bond donors (Lipinski definition) is 1. The minimum absolute atomic E-state index is 0.0819. The van der Waals surface area contributed by atoms with Crippen molar-refractivity contribution < 1.29 is 19.1 Å². The molecule has 31 heavy (non-hydrogen) atoms. The van der Waals surface area contributed by atoms with Crippen LogP contribution in [0.25, 0.3) is 5.76 Å². The number of aliphatic hydroxyl groups is 1. The van der Waals surface area contributed by atoms with Crippen molar-refractivity contribution in [3.05, 3.63) is 99.6 Å². The third kappa shape index (κ3) is 3.59. The van der Waals surface area contributed by atoms with Crippen LogP contribution in [0.2, 0.25) is 5.02 Å². The molecule has 0 spiro atoms. The number of rotatable bonds is 3. The van der Waals surface area contributed by atoms with E-state index in [1.54, 1.807) is 56.6 Å². The van der Waals surface area contributed by atoms with Crippen molar-refractivity contribution in [1.29, 1.82) is 0 Å². The minimum Gasteiger partial charge on any atom is -0.507 e. The Morgan fingerprint density at radius 3 is 2.42 bits per heavy atom. The molecule has 2 heterocycles. The Balaban J connectivity index is 1.98. The van der Waals surface area contributed by atoms with Gasteiger partial charge in [-0.3, -0.25) is 19.5 Å². The van der Waals surface area contributed by atoms with Crippen LogP contribution in [0.4, 0.5) is 10.1 Å². The van der Waals surface area contributed by atoms with Crippen LogP contribution < -0.4 is 4.90 Å². The zero-order chi connectivity index (χ0) is 22.3. The Morgan fingerprint density at radius 2 is 1.74 bits per heavy atom. The van der Waals surface area contributed by atoms with Gasteiger partial charge in [0, 0.05) is 28.7 Å². The maximum absolute atomic E-state index is 13.7. The summed E-state index contributed by atoms with van der Waals surface area (Å²) in [7, 11) is 0. The summed E-state index contributed by atoms with van der Waals surface area (Å²) in [6.45, 7) is 3.36. The Morgan fingerprint density at radius 1 is 1.03 bits per heavy atom.